The molecule has 0 saturated carbocycles. The lowest BCUT2D eigenvalue weighted by atomic mass is 10.2. The van der Waals surface area contributed by atoms with Crippen molar-refractivity contribution in [2.75, 3.05) is 0 Å². The molecule has 2 rings (SSSR count). The lowest BCUT2D eigenvalue weighted by Gasteiger charge is -2.17. The number of carbonyl (C=O) groups excluding carboxylic acids is 1. The van der Waals surface area contributed by atoms with E-state index < -0.39 is 66.9 Å². The number of rotatable bonds is 8. The SMILES string of the molecule is CC(C)OC(=O)C(C)N[P@@H](=O)Oc1ccccc1Oc1c(F)c(F)c(F)c(F)c1F. The van der Waals surface area contributed by atoms with Crippen LogP contribution in [-0.4, -0.2) is 18.1 Å². The van der Waals surface area contributed by atoms with E-state index in [0.717, 1.165) is 6.07 Å². The van der Waals surface area contributed by atoms with Crippen LogP contribution in [0.15, 0.2) is 24.3 Å². The number of halogens is 5. The molecule has 164 valence electrons. The van der Waals surface area contributed by atoms with E-state index in [2.05, 4.69) is 5.09 Å². The van der Waals surface area contributed by atoms with Crippen LogP contribution >= 0.6 is 8.18 Å². The summed E-state index contributed by atoms with van der Waals surface area (Å²) in [7, 11) is -3.15. The minimum atomic E-state index is -3.15. The highest BCUT2D eigenvalue weighted by Gasteiger charge is 2.28. The maximum atomic E-state index is 13.8. The minimum absolute atomic E-state index is 0.331. The van der Waals surface area contributed by atoms with E-state index in [1.807, 2.05) is 0 Å². The van der Waals surface area contributed by atoms with Crippen molar-refractivity contribution in [3.8, 4) is 17.2 Å². The molecule has 2 atom stereocenters. The summed E-state index contributed by atoms with van der Waals surface area (Å²) in [6, 6.07) is 3.97. The first-order valence-electron chi connectivity index (χ1n) is 8.50. The molecule has 0 fully saturated rings. The molecule has 0 spiro atoms. The summed E-state index contributed by atoms with van der Waals surface area (Å²) in [5.41, 5.74) is 0. The third kappa shape index (κ3) is 5.48. The van der Waals surface area contributed by atoms with Crippen molar-refractivity contribution >= 4 is 14.1 Å². The Kier molecular flexibility index (Phi) is 7.80. The fourth-order valence-corrected chi connectivity index (χ4v) is 3.00. The molecule has 0 saturated heterocycles. The van der Waals surface area contributed by atoms with E-state index >= 15 is 0 Å². The van der Waals surface area contributed by atoms with Crippen LogP contribution in [0.2, 0.25) is 0 Å². The average molecular weight is 453 g/mol. The Hall–Kier alpha value is -2.65. The number of nitrogens with one attached hydrogen (secondary N) is 1. The summed E-state index contributed by atoms with van der Waals surface area (Å²) < 4.78 is 94.6. The maximum absolute atomic E-state index is 13.8. The number of hydrogen-bond acceptors (Lipinski definition) is 5. The monoisotopic (exact) mass is 453 g/mol. The normalized spacial score (nSPS) is 13.1. The highest BCUT2D eigenvalue weighted by atomic mass is 31.1. The van der Waals surface area contributed by atoms with Crippen LogP contribution in [0.25, 0.3) is 0 Å². The molecule has 0 radical (unpaired) electrons. The van der Waals surface area contributed by atoms with Gasteiger partial charge in [-0.1, -0.05) is 12.1 Å². The van der Waals surface area contributed by atoms with E-state index in [-0.39, 0.29) is 5.75 Å². The predicted molar refractivity (Wildman–Crippen MR) is 96.2 cm³/mol. The molecule has 0 aliphatic carbocycles. The van der Waals surface area contributed by atoms with Gasteiger partial charge < -0.3 is 14.0 Å². The molecule has 0 heterocycles. The van der Waals surface area contributed by atoms with Crippen LogP contribution < -0.4 is 14.3 Å². The summed E-state index contributed by atoms with van der Waals surface area (Å²) in [6.07, 6.45) is -0.402. The lowest BCUT2D eigenvalue weighted by molar-refractivity contribution is -0.148. The number of esters is 1. The van der Waals surface area contributed by atoms with Crippen LogP contribution in [-0.2, 0) is 14.1 Å². The maximum Gasteiger partial charge on any atom is 0.323 e. The van der Waals surface area contributed by atoms with Crippen LogP contribution in [0.3, 0.4) is 0 Å². The quantitative estimate of drug-likeness (QED) is 0.202. The van der Waals surface area contributed by atoms with Crippen molar-refractivity contribution < 1.29 is 45.3 Å². The van der Waals surface area contributed by atoms with E-state index in [9.17, 15) is 31.3 Å². The molecule has 0 amide bonds. The molecule has 1 N–H and O–H groups in total. The molecule has 0 aliphatic heterocycles. The summed E-state index contributed by atoms with van der Waals surface area (Å²) in [5, 5.41) is 2.35. The number of carbonyl (C=O) groups is 1. The zero-order chi connectivity index (χ0) is 22.6. The van der Waals surface area contributed by atoms with Gasteiger partial charge in [0.1, 0.15) is 6.04 Å². The first kappa shape index (κ1) is 23.6. The van der Waals surface area contributed by atoms with Gasteiger partial charge in [-0.2, -0.15) is 8.78 Å². The van der Waals surface area contributed by atoms with Crippen molar-refractivity contribution in [2.24, 2.45) is 0 Å². The van der Waals surface area contributed by atoms with Gasteiger partial charge in [0.15, 0.2) is 11.5 Å². The second-order valence-corrected chi connectivity index (χ2v) is 7.26. The van der Waals surface area contributed by atoms with Crippen LogP contribution in [0.4, 0.5) is 22.0 Å². The van der Waals surface area contributed by atoms with E-state index in [4.69, 9.17) is 14.0 Å². The van der Waals surface area contributed by atoms with Crippen molar-refractivity contribution in [3.63, 3.8) is 0 Å². The van der Waals surface area contributed by atoms with Crippen LogP contribution in [0.5, 0.6) is 17.2 Å². The molecule has 12 heteroatoms. The molecular formula is C18H17F5NO5P. The zero-order valence-corrected chi connectivity index (χ0v) is 16.9. The Bertz CT molecular complexity index is 943. The fraction of sp³-hybridized carbons (Fsp3) is 0.278. The summed E-state index contributed by atoms with van der Waals surface area (Å²) >= 11 is 0. The van der Waals surface area contributed by atoms with Gasteiger partial charge in [0.05, 0.1) is 6.10 Å². The number of benzene rings is 2. The lowest BCUT2D eigenvalue weighted by Crippen LogP contribution is -2.33. The Morgan fingerprint density at radius 3 is 1.93 bits per heavy atom. The highest BCUT2D eigenvalue weighted by Crippen LogP contribution is 2.39. The van der Waals surface area contributed by atoms with Gasteiger partial charge in [-0.25, -0.2) is 18.3 Å². The molecule has 2 aromatic carbocycles. The Labute approximate surface area is 168 Å². The molecule has 0 aliphatic rings. The second kappa shape index (κ2) is 9.90. The van der Waals surface area contributed by atoms with Gasteiger partial charge in [0.2, 0.25) is 34.8 Å². The van der Waals surface area contributed by atoms with E-state index in [1.165, 1.54) is 25.1 Å². The van der Waals surface area contributed by atoms with Gasteiger partial charge in [-0.3, -0.25) is 9.36 Å². The second-order valence-electron chi connectivity index (χ2n) is 6.19. The first-order valence-corrected chi connectivity index (χ1v) is 9.81. The number of para-hydroxylation sites is 2. The molecule has 1 unspecified atom stereocenters. The van der Waals surface area contributed by atoms with E-state index in [1.54, 1.807) is 13.8 Å². The number of hydrogen-bond donors (Lipinski definition) is 1. The zero-order valence-electron chi connectivity index (χ0n) is 15.9. The predicted octanol–water partition coefficient (Wildman–Crippen LogP) is 4.87. The highest BCUT2D eigenvalue weighted by molar-refractivity contribution is 7.37. The molecule has 6 nitrogen and oxygen atoms in total. The first-order chi connectivity index (χ1) is 14.0. The van der Waals surface area contributed by atoms with Gasteiger partial charge in [-0.05, 0) is 32.9 Å². The summed E-state index contributed by atoms with van der Waals surface area (Å²) in [5.74, 6) is -14.1. The standard InChI is InChI=1S/C18H17F5NO5P/c1-8(2)27-18(25)9(3)24-30(26)29-11-7-5-4-6-10(11)28-17-15(22)13(20)12(19)14(21)16(17)23/h4-9,30H,1-3H3,(H,24,26). The summed E-state index contributed by atoms with van der Waals surface area (Å²) in [4.78, 5) is 11.7. The summed E-state index contributed by atoms with van der Waals surface area (Å²) in [6.45, 7) is 4.61. The average Bonchev–Trinajstić information content (AvgIpc) is 2.68. The fourth-order valence-electron chi connectivity index (χ4n) is 2.10. The van der Waals surface area contributed by atoms with Crippen molar-refractivity contribution in [2.45, 2.75) is 32.9 Å². The molecular weight excluding hydrogens is 436 g/mol. The van der Waals surface area contributed by atoms with Crippen LogP contribution in [0, 0.1) is 29.1 Å². The Morgan fingerprint density at radius 1 is 0.900 bits per heavy atom. The van der Waals surface area contributed by atoms with Crippen LogP contribution in [0.1, 0.15) is 20.8 Å². The van der Waals surface area contributed by atoms with Crippen molar-refractivity contribution in [1.82, 2.24) is 5.09 Å². The Morgan fingerprint density at radius 2 is 1.40 bits per heavy atom. The van der Waals surface area contributed by atoms with Crippen molar-refractivity contribution in [3.05, 3.63) is 53.4 Å². The molecule has 0 bridgehead atoms. The van der Waals surface area contributed by atoms with E-state index in [0.29, 0.717) is 0 Å². The third-order valence-corrected chi connectivity index (χ3v) is 4.55. The molecule has 30 heavy (non-hydrogen) atoms. The van der Waals surface area contributed by atoms with Gasteiger partial charge in [0, 0.05) is 0 Å². The number of ether oxygens (including phenoxy) is 2. The van der Waals surface area contributed by atoms with Gasteiger partial charge in [-0.15, -0.1) is 0 Å². The molecule has 2 aromatic rings. The van der Waals surface area contributed by atoms with Gasteiger partial charge >= 0.3 is 14.1 Å². The smallest absolute Gasteiger partial charge is 0.323 e. The van der Waals surface area contributed by atoms with Crippen molar-refractivity contribution in [1.29, 1.82) is 0 Å². The van der Waals surface area contributed by atoms with Gasteiger partial charge in [0.25, 0.3) is 0 Å². The molecule has 0 aromatic heterocycles. The Balaban J connectivity index is 2.22. The minimum Gasteiger partial charge on any atom is -0.462 e. The largest absolute Gasteiger partial charge is 0.462 e. The topological polar surface area (TPSA) is 73.9 Å². The third-order valence-electron chi connectivity index (χ3n) is 3.47.